The molecule has 2 fully saturated rings. The summed E-state index contributed by atoms with van der Waals surface area (Å²) in [6, 6.07) is 5.87. The SMILES string of the molecule is CS(=O)(=O)N1CCC[C@@H](CCC(=O)N2CCN(c3ccccn3)CC2)C1. The number of anilines is 1. The molecular formula is C18H28N4O3S. The van der Waals surface area contributed by atoms with Crippen LogP contribution in [-0.2, 0) is 14.8 Å². The van der Waals surface area contributed by atoms with Crippen LogP contribution in [0.3, 0.4) is 0 Å². The third-order valence-electron chi connectivity index (χ3n) is 5.32. The standard InChI is InChI=1S/C18H28N4O3S/c1-26(24,25)22-10-4-5-16(15-22)7-8-18(23)21-13-11-20(12-14-21)17-6-2-3-9-19-17/h2-3,6,9,16H,4-5,7-8,10-15H2,1H3/t16-/m0/s1. The zero-order valence-electron chi connectivity index (χ0n) is 15.4. The molecule has 1 aromatic rings. The largest absolute Gasteiger partial charge is 0.353 e. The van der Waals surface area contributed by atoms with Gasteiger partial charge in [0.05, 0.1) is 6.26 Å². The second kappa shape index (κ2) is 8.35. The molecule has 0 aromatic carbocycles. The van der Waals surface area contributed by atoms with E-state index in [1.807, 2.05) is 23.1 Å². The smallest absolute Gasteiger partial charge is 0.222 e. The minimum atomic E-state index is -3.12. The van der Waals surface area contributed by atoms with E-state index in [1.165, 1.54) is 6.26 Å². The lowest BCUT2D eigenvalue weighted by Crippen LogP contribution is -2.49. The van der Waals surface area contributed by atoms with Gasteiger partial charge in [-0.25, -0.2) is 17.7 Å². The number of carbonyl (C=O) groups is 1. The first-order valence-corrected chi connectivity index (χ1v) is 11.2. The number of aromatic nitrogens is 1. The van der Waals surface area contributed by atoms with E-state index >= 15 is 0 Å². The minimum absolute atomic E-state index is 0.183. The molecule has 8 heteroatoms. The van der Waals surface area contributed by atoms with Gasteiger partial charge in [-0.05, 0) is 37.3 Å². The van der Waals surface area contributed by atoms with Crippen molar-refractivity contribution < 1.29 is 13.2 Å². The lowest BCUT2D eigenvalue weighted by molar-refractivity contribution is -0.131. The number of hydrogen-bond acceptors (Lipinski definition) is 5. The molecule has 2 saturated heterocycles. The Morgan fingerprint density at radius 3 is 2.62 bits per heavy atom. The molecule has 0 N–H and O–H groups in total. The van der Waals surface area contributed by atoms with Gasteiger partial charge >= 0.3 is 0 Å². The van der Waals surface area contributed by atoms with Gasteiger partial charge in [-0.15, -0.1) is 0 Å². The van der Waals surface area contributed by atoms with Gasteiger partial charge < -0.3 is 9.80 Å². The maximum absolute atomic E-state index is 12.5. The fourth-order valence-electron chi connectivity index (χ4n) is 3.78. The summed E-state index contributed by atoms with van der Waals surface area (Å²) in [5.74, 6) is 1.43. The van der Waals surface area contributed by atoms with Crippen LogP contribution >= 0.6 is 0 Å². The lowest BCUT2D eigenvalue weighted by atomic mass is 9.94. The summed E-state index contributed by atoms with van der Waals surface area (Å²) in [6.45, 7) is 4.20. The summed E-state index contributed by atoms with van der Waals surface area (Å²) < 4.78 is 25.0. The van der Waals surface area contributed by atoms with Crippen molar-refractivity contribution in [2.75, 3.05) is 50.4 Å². The second-order valence-electron chi connectivity index (χ2n) is 7.22. The molecule has 0 bridgehead atoms. The van der Waals surface area contributed by atoms with E-state index in [4.69, 9.17) is 0 Å². The van der Waals surface area contributed by atoms with Crippen LogP contribution in [0.15, 0.2) is 24.4 Å². The highest BCUT2D eigenvalue weighted by Gasteiger charge is 2.27. The van der Waals surface area contributed by atoms with Crippen LogP contribution in [0.5, 0.6) is 0 Å². The van der Waals surface area contributed by atoms with Crippen molar-refractivity contribution in [3.8, 4) is 0 Å². The number of piperazine rings is 1. The number of piperidine rings is 1. The highest BCUT2D eigenvalue weighted by atomic mass is 32.2. The van der Waals surface area contributed by atoms with E-state index in [0.29, 0.717) is 19.5 Å². The lowest BCUT2D eigenvalue weighted by Gasteiger charge is -2.36. The number of amides is 1. The number of carbonyl (C=O) groups excluding carboxylic acids is 1. The van der Waals surface area contributed by atoms with Crippen molar-refractivity contribution in [1.82, 2.24) is 14.2 Å². The van der Waals surface area contributed by atoms with Crippen molar-refractivity contribution in [3.63, 3.8) is 0 Å². The van der Waals surface area contributed by atoms with Crippen LogP contribution in [-0.4, -0.2) is 74.0 Å². The summed E-state index contributed by atoms with van der Waals surface area (Å²) in [6.07, 6.45) is 6.22. The van der Waals surface area contributed by atoms with Crippen LogP contribution in [0.1, 0.15) is 25.7 Å². The van der Waals surface area contributed by atoms with Gasteiger partial charge in [0.15, 0.2) is 0 Å². The average Bonchev–Trinajstić information content (AvgIpc) is 2.66. The summed E-state index contributed by atoms with van der Waals surface area (Å²) in [4.78, 5) is 21.0. The van der Waals surface area contributed by atoms with Gasteiger partial charge in [0.25, 0.3) is 0 Å². The predicted molar refractivity (Wildman–Crippen MR) is 101 cm³/mol. The van der Waals surface area contributed by atoms with E-state index in [-0.39, 0.29) is 11.8 Å². The molecule has 0 aliphatic carbocycles. The molecule has 1 atom stereocenters. The predicted octanol–water partition coefficient (Wildman–Crippen LogP) is 1.18. The maximum atomic E-state index is 12.5. The quantitative estimate of drug-likeness (QED) is 0.767. The Hall–Kier alpha value is -1.67. The Kier molecular flexibility index (Phi) is 6.13. The first-order chi connectivity index (χ1) is 12.4. The van der Waals surface area contributed by atoms with Crippen LogP contribution in [0.25, 0.3) is 0 Å². The van der Waals surface area contributed by atoms with Crippen molar-refractivity contribution in [2.24, 2.45) is 5.92 Å². The van der Waals surface area contributed by atoms with E-state index < -0.39 is 10.0 Å². The molecule has 26 heavy (non-hydrogen) atoms. The van der Waals surface area contributed by atoms with Crippen molar-refractivity contribution in [3.05, 3.63) is 24.4 Å². The van der Waals surface area contributed by atoms with Crippen molar-refractivity contribution >= 4 is 21.7 Å². The molecule has 1 amide bonds. The first-order valence-electron chi connectivity index (χ1n) is 9.32. The third-order valence-corrected chi connectivity index (χ3v) is 6.59. The summed E-state index contributed by atoms with van der Waals surface area (Å²) in [5, 5.41) is 0. The molecule has 1 aromatic heterocycles. The Morgan fingerprint density at radius 2 is 1.96 bits per heavy atom. The molecule has 2 aliphatic heterocycles. The highest BCUT2D eigenvalue weighted by molar-refractivity contribution is 7.88. The Labute approximate surface area is 156 Å². The Bertz CT molecular complexity index is 702. The Balaban J connectivity index is 1.43. The van der Waals surface area contributed by atoms with Gasteiger partial charge in [0.1, 0.15) is 5.82 Å². The van der Waals surface area contributed by atoms with E-state index in [1.54, 1.807) is 10.5 Å². The number of sulfonamides is 1. The van der Waals surface area contributed by atoms with Crippen LogP contribution in [0, 0.1) is 5.92 Å². The van der Waals surface area contributed by atoms with Gasteiger partial charge in [-0.1, -0.05) is 6.07 Å². The summed E-state index contributed by atoms with van der Waals surface area (Å²) in [7, 11) is -3.12. The number of hydrogen-bond donors (Lipinski definition) is 0. The normalized spacial score (nSPS) is 22.4. The average molecular weight is 381 g/mol. The number of rotatable bonds is 5. The Morgan fingerprint density at radius 1 is 1.19 bits per heavy atom. The van der Waals surface area contributed by atoms with Crippen LogP contribution < -0.4 is 4.90 Å². The van der Waals surface area contributed by atoms with E-state index in [0.717, 1.165) is 51.3 Å². The minimum Gasteiger partial charge on any atom is -0.353 e. The monoisotopic (exact) mass is 380 g/mol. The molecule has 3 heterocycles. The molecule has 0 radical (unpaired) electrons. The number of pyridine rings is 1. The van der Waals surface area contributed by atoms with Crippen molar-refractivity contribution in [2.45, 2.75) is 25.7 Å². The summed E-state index contributed by atoms with van der Waals surface area (Å²) in [5.41, 5.74) is 0. The first kappa shape index (κ1) is 19.1. The maximum Gasteiger partial charge on any atom is 0.222 e. The zero-order chi connectivity index (χ0) is 18.6. The van der Waals surface area contributed by atoms with E-state index in [9.17, 15) is 13.2 Å². The molecule has 7 nitrogen and oxygen atoms in total. The fraction of sp³-hybridized carbons (Fsp3) is 0.667. The highest BCUT2D eigenvalue weighted by Crippen LogP contribution is 2.23. The molecule has 3 rings (SSSR count). The van der Waals surface area contributed by atoms with Crippen LogP contribution in [0.4, 0.5) is 5.82 Å². The van der Waals surface area contributed by atoms with Gasteiger partial charge in [-0.3, -0.25) is 4.79 Å². The molecule has 0 spiro atoms. The molecule has 0 saturated carbocycles. The molecule has 144 valence electrons. The fourth-order valence-corrected chi connectivity index (χ4v) is 4.72. The molecular weight excluding hydrogens is 352 g/mol. The molecule has 2 aliphatic rings. The number of nitrogens with zero attached hydrogens (tertiary/aromatic N) is 4. The third kappa shape index (κ3) is 4.94. The zero-order valence-corrected chi connectivity index (χ0v) is 16.2. The van der Waals surface area contributed by atoms with Gasteiger partial charge in [0.2, 0.25) is 15.9 Å². The van der Waals surface area contributed by atoms with Gasteiger partial charge in [0, 0.05) is 51.9 Å². The van der Waals surface area contributed by atoms with Crippen molar-refractivity contribution in [1.29, 1.82) is 0 Å². The van der Waals surface area contributed by atoms with E-state index in [2.05, 4.69) is 9.88 Å². The summed E-state index contributed by atoms with van der Waals surface area (Å²) >= 11 is 0. The molecule has 0 unspecified atom stereocenters. The van der Waals surface area contributed by atoms with Gasteiger partial charge in [-0.2, -0.15) is 0 Å². The topological polar surface area (TPSA) is 73.8 Å². The van der Waals surface area contributed by atoms with Crippen LogP contribution in [0.2, 0.25) is 0 Å². The second-order valence-corrected chi connectivity index (χ2v) is 9.21.